The van der Waals surface area contributed by atoms with Crippen LogP contribution in [0.15, 0.2) is 59.5 Å². The van der Waals surface area contributed by atoms with Crippen LogP contribution in [0.4, 0.5) is 5.69 Å². The molecule has 2 atom stereocenters. The summed E-state index contributed by atoms with van der Waals surface area (Å²) in [6.45, 7) is 3.05. The Bertz CT molecular complexity index is 886. The van der Waals surface area contributed by atoms with Gasteiger partial charge in [0.1, 0.15) is 0 Å². The van der Waals surface area contributed by atoms with Gasteiger partial charge in [0.2, 0.25) is 0 Å². The number of rotatable bonds is 3. The van der Waals surface area contributed by atoms with E-state index in [9.17, 15) is 8.76 Å². The molecule has 1 spiro atoms. The second-order valence-corrected chi connectivity index (χ2v) is 9.71. The predicted molar refractivity (Wildman–Crippen MR) is 104 cm³/mol. The van der Waals surface area contributed by atoms with Crippen LogP contribution in [0.1, 0.15) is 18.4 Å². The van der Waals surface area contributed by atoms with Gasteiger partial charge in [-0.25, -0.2) is 0 Å². The minimum Gasteiger partial charge on any atom is -0.588 e. The normalized spacial score (nSPS) is 28.0. The third-order valence-corrected chi connectivity index (χ3v) is 8.03. The Morgan fingerprint density at radius 2 is 1.81 bits per heavy atom. The first kappa shape index (κ1) is 17.4. The molecule has 2 saturated heterocycles. The Morgan fingerprint density at radius 3 is 2.56 bits per heavy atom. The fourth-order valence-corrected chi connectivity index (χ4v) is 6.50. The summed E-state index contributed by atoms with van der Waals surface area (Å²) < 4.78 is 34.2. The molecule has 2 aromatic carbocycles. The van der Waals surface area contributed by atoms with E-state index in [1.54, 1.807) is 28.6 Å². The Morgan fingerprint density at radius 1 is 1.07 bits per heavy atom. The van der Waals surface area contributed by atoms with Crippen molar-refractivity contribution in [3.63, 3.8) is 0 Å². The van der Waals surface area contributed by atoms with E-state index in [0.717, 1.165) is 50.3 Å². The van der Waals surface area contributed by atoms with Crippen LogP contribution >= 0.6 is 0 Å². The van der Waals surface area contributed by atoms with E-state index in [1.165, 1.54) is 0 Å². The zero-order valence-corrected chi connectivity index (χ0v) is 16.1. The molecule has 2 unspecified atom stereocenters. The molecule has 5 nitrogen and oxygen atoms in total. The molecule has 0 saturated carbocycles. The van der Waals surface area contributed by atoms with Crippen molar-refractivity contribution in [2.75, 3.05) is 30.6 Å². The summed E-state index contributed by atoms with van der Waals surface area (Å²) in [5.41, 5.74) is 1.81. The van der Waals surface area contributed by atoms with Gasteiger partial charge in [-0.2, -0.15) is 4.31 Å². The molecule has 27 heavy (non-hydrogen) atoms. The van der Waals surface area contributed by atoms with E-state index < -0.39 is 10.4 Å². The van der Waals surface area contributed by atoms with Crippen LogP contribution in [0.25, 0.3) is 0 Å². The SMILES string of the molecule is O=[S+]([O-])(c1ccccc1)N1CC2(CCCN2C2COC2)Cc2ccccc21. The molecule has 0 N–H and O–H groups in total. The number of hydrogen-bond donors (Lipinski definition) is 0. The number of nitrogens with zero attached hydrogens (tertiary/aromatic N) is 2. The fraction of sp³-hybridized carbons (Fsp3) is 0.429. The van der Waals surface area contributed by atoms with Gasteiger partial charge in [0.25, 0.3) is 0 Å². The topological polar surface area (TPSA) is 55.8 Å². The number of anilines is 1. The highest BCUT2D eigenvalue weighted by Gasteiger charge is 2.52. The summed E-state index contributed by atoms with van der Waals surface area (Å²) in [6.07, 6.45) is 3.04. The maximum absolute atomic E-state index is 13.5. The maximum atomic E-state index is 13.5. The van der Waals surface area contributed by atoms with Crippen LogP contribution in [0.2, 0.25) is 0 Å². The molecule has 3 aliphatic rings. The number of likely N-dealkylation sites (tertiary alicyclic amines) is 1. The molecular formula is C21H24N2O3S. The molecule has 142 valence electrons. The first-order valence-electron chi connectivity index (χ1n) is 9.60. The van der Waals surface area contributed by atoms with Gasteiger partial charge in [-0.3, -0.25) is 4.90 Å². The average Bonchev–Trinajstić information content (AvgIpc) is 3.02. The second-order valence-electron chi connectivity index (χ2n) is 7.84. The van der Waals surface area contributed by atoms with Gasteiger partial charge >= 0.3 is 0 Å². The van der Waals surface area contributed by atoms with Crippen molar-refractivity contribution in [1.82, 2.24) is 4.90 Å². The molecule has 6 heteroatoms. The van der Waals surface area contributed by atoms with E-state index >= 15 is 0 Å². The first-order chi connectivity index (χ1) is 13.1. The van der Waals surface area contributed by atoms with Crippen molar-refractivity contribution in [3.05, 3.63) is 60.2 Å². The molecule has 0 aliphatic carbocycles. The van der Waals surface area contributed by atoms with E-state index in [1.807, 2.05) is 24.3 Å². The van der Waals surface area contributed by atoms with Crippen LogP contribution in [0.5, 0.6) is 0 Å². The third kappa shape index (κ3) is 2.74. The number of fused-ring (bicyclic) bond motifs is 1. The zero-order valence-electron chi connectivity index (χ0n) is 15.3. The third-order valence-electron chi connectivity index (χ3n) is 6.26. The van der Waals surface area contributed by atoms with E-state index in [-0.39, 0.29) is 5.54 Å². The molecule has 5 rings (SSSR count). The molecular weight excluding hydrogens is 360 g/mol. The van der Waals surface area contributed by atoms with Gasteiger partial charge in [0.05, 0.1) is 31.5 Å². The monoisotopic (exact) mass is 384 g/mol. The fourth-order valence-electron chi connectivity index (χ4n) is 4.89. The van der Waals surface area contributed by atoms with E-state index in [0.29, 0.717) is 17.5 Å². The predicted octanol–water partition coefficient (Wildman–Crippen LogP) is 2.89. The van der Waals surface area contributed by atoms with Crippen LogP contribution in [-0.2, 0) is 25.8 Å². The van der Waals surface area contributed by atoms with Crippen molar-refractivity contribution >= 4 is 16.1 Å². The van der Waals surface area contributed by atoms with Gasteiger partial charge in [-0.1, -0.05) is 40.6 Å². The van der Waals surface area contributed by atoms with Gasteiger partial charge < -0.3 is 9.29 Å². The molecule has 0 amide bonds. The van der Waals surface area contributed by atoms with E-state index in [2.05, 4.69) is 11.0 Å². The van der Waals surface area contributed by atoms with Crippen LogP contribution < -0.4 is 4.31 Å². The van der Waals surface area contributed by atoms with Crippen molar-refractivity contribution < 1.29 is 13.5 Å². The Balaban J connectivity index is 1.59. The van der Waals surface area contributed by atoms with Gasteiger partial charge in [-0.15, -0.1) is 0 Å². The van der Waals surface area contributed by atoms with Crippen LogP contribution in [-0.4, -0.2) is 47.3 Å². The number of sulfonamides is 1. The smallest absolute Gasteiger partial charge is 0.183 e. The quantitative estimate of drug-likeness (QED) is 0.764. The lowest BCUT2D eigenvalue weighted by molar-refractivity contribution is -0.0890. The summed E-state index contributed by atoms with van der Waals surface area (Å²) >= 11 is 0. The number of ether oxygens (including phenoxy) is 1. The van der Waals surface area contributed by atoms with Crippen molar-refractivity contribution in [2.45, 2.75) is 35.7 Å². The average molecular weight is 385 g/mol. The molecule has 3 heterocycles. The Hall–Kier alpha value is -1.73. The molecule has 0 aromatic heterocycles. The summed E-state index contributed by atoms with van der Waals surface area (Å²) in [5, 5.41) is 0. The van der Waals surface area contributed by atoms with Gasteiger partial charge in [-0.05, 0) is 49.6 Å². The molecule has 0 radical (unpaired) electrons. The number of benzene rings is 2. The lowest BCUT2D eigenvalue weighted by atomic mass is 9.83. The first-order valence-corrected chi connectivity index (χ1v) is 11.0. The number of hydrogen-bond acceptors (Lipinski definition) is 4. The lowest BCUT2D eigenvalue weighted by Crippen LogP contribution is -2.64. The molecule has 2 fully saturated rings. The van der Waals surface area contributed by atoms with E-state index in [4.69, 9.17) is 4.74 Å². The summed E-state index contributed by atoms with van der Waals surface area (Å²) in [6, 6.07) is 17.2. The minimum atomic E-state index is -3.60. The standard InChI is InChI=1S/C21H24N2O3S/c24-27(25,19-8-2-1-3-9-19)23-16-21(13-17-7-4-5-10-20(17)23)11-6-12-22(21)18-14-26-15-18/h1-5,7-10,18H,6,11-16H2. The largest absolute Gasteiger partial charge is 0.588 e. The second kappa shape index (κ2) is 6.41. The van der Waals surface area contributed by atoms with Gasteiger partial charge in [0, 0.05) is 5.54 Å². The summed E-state index contributed by atoms with van der Waals surface area (Å²) in [5.74, 6) is 0. The Labute approximate surface area is 161 Å². The van der Waals surface area contributed by atoms with Crippen LogP contribution in [0.3, 0.4) is 0 Å². The zero-order chi connectivity index (χ0) is 18.5. The summed E-state index contributed by atoms with van der Waals surface area (Å²) in [7, 11) is -3.60. The van der Waals surface area contributed by atoms with Crippen molar-refractivity contribution in [3.8, 4) is 0 Å². The summed E-state index contributed by atoms with van der Waals surface area (Å²) in [4.78, 5) is 2.88. The highest BCUT2D eigenvalue weighted by atomic mass is 32.3. The molecule has 3 aliphatic heterocycles. The van der Waals surface area contributed by atoms with Crippen molar-refractivity contribution in [1.29, 1.82) is 0 Å². The highest BCUT2D eigenvalue weighted by molar-refractivity contribution is 7.99. The molecule has 0 bridgehead atoms. The number of para-hydroxylation sites is 1. The van der Waals surface area contributed by atoms with Crippen LogP contribution in [0, 0.1) is 0 Å². The molecule has 2 aromatic rings. The highest BCUT2D eigenvalue weighted by Crippen LogP contribution is 2.45. The minimum absolute atomic E-state index is 0.134. The maximum Gasteiger partial charge on any atom is 0.183 e. The lowest BCUT2D eigenvalue weighted by Gasteiger charge is -2.50. The Kier molecular flexibility index (Phi) is 4.13. The van der Waals surface area contributed by atoms with Crippen molar-refractivity contribution in [2.24, 2.45) is 0 Å². The van der Waals surface area contributed by atoms with Gasteiger partial charge in [0.15, 0.2) is 15.3 Å².